The van der Waals surface area contributed by atoms with Gasteiger partial charge in [0.15, 0.2) is 0 Å². The number of hydrogen-bond acceptors (Lipinski definition) is 3. The van der Waals surface area contributed by atoms with Gasteiger partial charge in [0.2, 0.25) is 0 Å². The van der Waals surface area contributed by atoms with Crippen molar-refractivity contribution in [2.24, 2.45) is 0 Å². The van der Waals surface area contributed by atoms with Crippen LogP contribution < -0.4 is 0 Å². The van der Waals surface area contributed by atoms with Crippen LogP contribution in [0.15, 0.2) is 0 Å². The highest BCUT2D eigenvalue weighted by Gasteiger charge is 2.07. The summed E-state index contributed by atoms with van der Waals surface area (Å²) in [4.78, 5) is 0. The summed E-state index contributed by atoms with van der Waals surface area (Å²) in [6.45, 7) is 5.93. The molecule has 0 saturated heterocycles. The van der Waals surface area contributed by atoms with Crippen LogP contribution in [0.25, 0.3) is 0 Å². The Morgan fingerprint density at radius 1 is 1.43 bits per heavy atom. The first-order chi connectivity index (χ1) is 6.66. The smallest absolute Gasteiger partial charge is 0.0844 e. The molecule has 1 rings (SSSR count). The fraction of sp³-hybridized carbons (Fsp3) is 0.667. The van der Waals surface area contributed by atoms with Crippen LogP contribution in [0.4, 0.5) is 0 Å². The predicted octanol–water partition coefficient (Wildman–Crippen LogP) is 2.10. The minimum absolute atomic E-state index is 0.652. The van der Waals surface area contributed by atoms with E-state index in [2.05, 4.69) is 17.7 Å². The second-order valence-corrected chi connectivity index (χ2v) is 3.87. The number of rotatable bonds is 5. The Balaban J connectivity index is 2.47. The Hall–Kier alpha value is -0.190. The van der Waals surface area contributed by atoms with Crippen molar-refractivity contribution in [3.63, 3.8) is 0 Å². The van der Waals surface area contributed by atoms with E-state index in [1.54, 1.807) is 0 Å². The molecule has 1 aromatic heterocycles. The molecule has 0 fully saturated rings. The molecule has 0 aliphatic heterocycles. The molecule has 0 aliphatic carbocycles. The van der Waals surface area contributed by atoms with Gasteiger partial charge in [-0.2, -0.15) is 17.7 Å². The van der Waals surface area contributed by atoms with Crippen LogP contribution in [0.5, 0.6) is 0 Å². The normalized spacial score (nSPS) is 10.9. The second kappa shape index (κ2) is 5.63. The molecule has 0 N–H and O–H groups in total. The van der Waals surface area contributed by atoms with E-state index in [1.165, 1.54) is 0 Å². The first-order valence-electron chi connectivity index (χ1n) is 4.55. The first kappa shape index (κ1) is 11.9. The van der Waals surface area contributed by atoms with Crippen LogP contribution in [-0.4, -0.2) is 28.7 Å². The summed E-state index contributed by atoms with van der Waals surface area (Å²) in [7, 11) is 0. The van der Waals surface area contributed by atoms with Gasteiger partial charge in [-0.3, -0.25) is 4.68 Å². The minimum Gasteiger partial charge on any atom is -0.379 e. The van der Waals surface area contributed by atoms with Gasteiger partial charge in [0.05, 0.1) is 36.2 Å². The quantitative estimate of drug-likeness (QED) is 0.624. The van der Waals surface area contributed by atoms with Crippen LogP contribution in [0.2, 0.25) is 5.02 Å². The van der Waals surface area contributed by atoms with E-state index >= 15 is 0 Å². The van der Waals surface area contributed by atoms with Gasteiger partial charge in [0.1, 0.15) is 0 Å². The Morgan fingerprint density at radius 2 is 2.14 bits per heavy atom. The third-order valence-corrected chi connectivity index (χ3v) is 2.71. The van der Waals surface area contributed by atoms with Crippen molar-refractivity contribution in [1.82, 2.24) is 9.78 Å². The van der Waals surface area contributed by atoms with Gasteiger partial charge in [-0.1, -0.05) is 11.6 Å². The molecule has 80 valence electrons. The second-order valence-electron chi connectivity index (χ2n) is 3.04. The van der Waals surface area contributed by atoms with Crippen molar-refractivity contribution in [3.8, 4) is 0 Å². The standard InChI is InChI=1S/C9H15ClN2OS/c1-7-9(10)8(2)12(11-7)3-4-13-5-6-14/h14H,3-6H2,1-2H3. The molecule has 0 bridgehead atoms. The van der Waals surface area contributed by atoms with E-state index in [4.69, 9.17) is 16.3 Å². The Labute approximate surface area is 94.8 Å². The zero-order valence-electron chi connectivity index (χ0n) is 8.46. The lowest BCUT2D eigenvalue weighted by Gasteiger charge is -2.04. The minimum atomic E-state index is 0.652. The zero-order chi connectivity index (χ0) is 10.6. The van der Waals surface area contributed by atoms with Crippen molar-refractivity contribution in [2.75, 3.05) is 19.0 Å². The van der Waals surface area contributed by atoms with Crippen LogP contribution in [0, 0.1) is 13.8 Å². The highest BCUT2D eigenvalue weighted by Crippen LogP contribution is 2.18. The molecule has 1 heterocycles. The van der Waals surface area contributed by atoms with Crippen LogP contribution in [0.3, 0.4) is 0 Å². The summed E-state index contributed by atoms with van der Waals surface area (Å²) < 4.78 is 7.18. The van der Waals surface area contributed by atoms with Gasteiger partial charge in [-0.25, -0.2) is 0 Å². The van der Waals surface area contributed by atoms with Crippen LogP contribution in [0.1, 0.15) is 11.4 Å². The van der Waals surface area contributed by atoms with Crippen LogP contribution >= 0.6 is 24.2 Å². The molecule has 14 heavy (non-hydrogen) atoms. The number of aryl methyl sites for hydroxylation is 1. The molecule has 0 aromatic carbocycles. The van der Waals surface area contributed by atoms with Crippen molar-refractivity contribution < 1.29 is 4.74 Å². The summed E-state index contributed by atoms with van der Waals surface area (Å²) in [5, 5.41) is 5.04. The molecule has 5 heteroatoms. The van der Waals surface area contributed by atoms with Gasteiger partial charge in [0, 0.05) is 5.75 Å². The van der Waals surface area contributed by atoms with E-state index in [0.717, 1.165) is 28.7 Å². The van der Waals surface area contributed by atoms with Gasteiger partial charge < -0.3 is 4.74 Å². The highest BCUT2D eigenvalue weighted by molar-refractivity contribution is 7.80. The molecule has 0 atom stereocenters. The third kappa shape index (κ3) is 2.90. The molecule has 0 amide bonds. The Bertz CT molecular complexity index is 301. The van der Waals surface area contributed by atoms with Gasteiger partial charge in [-0.05, 0) is 13.8 Å². The van der Waals surface area contributed by atoms with E-state index < -0.39 is 0 Å². The van der Waals surface area contributed by atoms with Gasteiger partial charge in [0.25, 0.3) is 0 Å². The van der Waals surface area contributed by atoms with Crippen molar-refractivity contribution in [3.05, 3.63) is 16.4 Å². The Morgan fingerprint density at radius 3 is 2.64 bits per heavy atom. The highest BCUT2D eigenvalue weighted by atomic mass is 35.5. The maximum atomic E-state index is 6.00. The summed E-state index contributed by atoms with van der Waals surface area (Å²) in [5.41, 5.74) is 1.87. The molecule has 1 aromatic rings. The third-order valence-electron chi connectivity index (χ3n) is 1.98. The van der Waals surface area contributed by atoms with Crippen LogP contribution in [-0.2, 0) is 11.3 Å². The molecule has 0 spiro atoms. The summed E-state index contributed by atoms with van der Waals surface area (Å²) in [6, 6.07) is 0. The van der Waals surface area contributed by atoms with E-state index in [0.29, 0.717) is 13.2 Å². The molecule has 0 unspecified atom stereocenters. The molecular weight excluding hydrogens is 220 g/mol. The number of aromatic nitrogens is 2. The number of thiol groups is 1. The van der Waals surface area contributed by atoms with E-state index in [-0.39, 0.29) is 0 Å². The van der Waals surface area contributed by atoms with E-state index in [1.807, 2.05) is 18.5 Å². The fourth-order valence-corrected chi connectivity index (χ4v) is 1.47. The first-order valence-corrected chi connectivity index (χ1v) is 5.56. The van der Waals surface area contributed by atoms with Gasteiger partial charge >= 0.3 is 0 Å². The van der Waals surface area contributed by atoms with Crippen molar-refractivity contribution in [1.29, 1.82) is 0 Å². The number of halogens is 1. The topological polar surface area (TPSA) is 27.1 Å². The molecular formula is C9H15ClN2OS. The number of nitrogens with zero attached hydrogens (tertiary/aromatic N) is 2. The number of ether oxygens (including phenoxy) is 1. The lowest BCUT2D eigenvalue weighted by atomic mass is 10.4. The van der Waals surface area contributed by atoms with Crippen molar-refractivity contribution in [2.45, 2.75) is 20.4 Å². The average Bonchev–Trinajstić information content (AvgIpc) is 2.41. The SMILES string of the molecule is Cc1nn(CCOCCS)c(C)c1Cl. The molecule has 3 nitrogen and oxygen atoms in total. The monoisotopic (exact) mass is 234 g/mol. The van der Waals surface area contributed by atoms with Crippen molar-refractivity contribution >= 4 is 24.2 Å². The zero-order valence-corrected chi connectivity index (χ0v) is 10.1. The maximum Gasteiger partial charge on any atom is 0.0844 e. The van der Waals surface area contributed by atoms with Gasteiger partial charge in [-0.15, -0.1) is 0 Å². The summed E-state index contributed by atoms with van der Waals surface area (Å²) in [5.74, 6) is 0.748. The molecule has 0 radical (unpaired) electrons. The number of hydrogen-bond donors (Lipinski definition) is 1. The van der Waals surface area contributed by atoms with E-state index in [9.17, 15) is 0 Å². The predicted molar refractivity (Wildman–Crippen MR) is 61.4 cm³/mol. The lowest BCUT2D eigenvalue weighted by Crippen LogP contribution is -2.10. The summed E-state index contributed by atoms with van der Waals surface area (Å²) in [6.07, 6.45) is 0. The largest absolute Gasteiger partial charge is 0.379 e. The fourth-order valence-electron chi connectivity index (χ4n) is 1.21. The average molecular weight is 235 g/mol. The molecule has 0 saturated carbocycles. The lowest BCUT2D eigenvalue weighted by molar-refractivity contribution is 0.138. The Kier molecular flexibility index (Phi) is 4.78. The maximum absolute atomic E-state index is 6.00. The summed E-state index contributed by atoms with van der Waals surface area (Å²) >= 11 is 10.1. The molecule has 0 aliphatic rings.